The normalized spacial score (nSPS) is 12.1. The zero-order valence-corrected chi connectivity index (χ0v) is 12.1. The molecule has 0 radical (unpaired) electrons. The van der Waals surface area contributed by atoms with E-state index in [1.165, 1.54) is 38.5 Å². The maximum Gasteiger partial charge on any atom is 0.417 e. The maximum atomic E-state index is 13.3. The summed E-state index contributed by atoms with van der Waals surface area (Å²) in [5.41, 5.74) is -0.173. The Kier molecular flexibility index (Phi) is 4.75. The largest absolute Gasteiger partial charge is 0.497 e. The Bertz CT molecular complexity index is 641. The zero-order valence-electron chi connectivity index (χ0n) is 12.1. The summed E-state index contributed by atoms with van der Waals surface area (Å²) in [5.74, 6) is 1.10. The summed E-state index contributed by atoms with van der Waals surface area (Å²) in [6.07, 6.45) is -3.34. The van der Waals surface area contributed by atoms with Crippen LogP contribution in [0.5, 0.6) is 11.5 Å². The molecule has 2 aromatic carbocycles. The molecule has 0 aliphatic rings. The first-order valence-corrected chi connectivity index (χ1v) is 6.51. The van der Waals surface area contributed by atoms with Crippen molar-refractivity contribution in [3.05, 3.63) is 59.7 Å². The molecular weight excluding hydrogens is 293 g/mol. The van der Waals surface area contributed by atoms with Crippen molar-refractivity contribution in [2.24, 2.45) is 0 Å². The first kappa shape index (κ1) is 15.9. The fraction of sp³-hybridized carbons (Fsp3) is 0.176. The van der Waals surface area contributed by atoms with Crippen molar-refractivity contribution in [1.82, 2.24) is 0 Å². The molecule has 2 aromatic rings. The van der Waals surface area contributed by atoms with Crippen LogP contribution in [0.25, 0.3) is 11.6 Å². The van der Waals surface area contributed by atoms with Crippen LogP contribution in [-0.4, -0.2) is 20.4 Å². The van der Waals surface area contributed by atoms with Gasteiger partial charge < -0.3 is 9.47 Å². The van der Waals surface area contributed by atoms with Crippen LogP contribution in [0.3, 0.4) is 0 Å². The van der Waals surface area contributed by atoms with Gasteiger partial charge in [-0.2, -0.15) is 13.2 Å². The molecule has 0 aromatic heterocycles. The lowest BCUT2D eigenvalue weighted by atomic mass is 10.0. The van der Waals surface area contributed by atoms with Crippen molar-refractivity contribution in [3.8, 4) is 11.5 Å². The highest BCUT2D eigenvalue weighted by Crippen LogP contribution is 2.36. The standard InChI is InChI=1S/C17H15F3O2/c1-21-14-7-3-12(4-8-14)11-16(17(18,19)20)13-5-9-15(22-2)10-6-13/h3-11H,1-2H3/b16-11-. The van der Waals surface area contributed by atoms with E-state index in [2.05, 4.69) is 0 Å². The van der Waals surface area contributed by atoms with Gasteiger partial charge in [0.2, 0.25) is 0 Å². The van der Waals surface area contributed by atoms with Crippen LogP contribution in [-0.2, 0) is 0 Å². The number of rotatable bonds is 4. The van der Waals surface area contributed by atoms with Gasteiger partial charge in [0.25, 0.3) is 0 Å². The Morgan fingerprint density at radius 2 is 1.27 bits per heavy atom. The van der Waals surface area contributed by atoms with Crippen LogP contribution in [0.1, 0.15) is 11.1 Å². The van der Waals surface area contributed by atoms with Crippen LogP contribution in [0.15, 0.2) is 48.5 Å². The molecule has 116 valence electrons. The summed E-state index contributed by atoms with van der Waals surface area (Å²) >= 11 is 0. The molecule has 2 rings (SSSR count). The summed E-state index contributed by atoms with van der Waals surface area (Å²) < 4.78 is 49.8. The highest BCUT2D eigenvalue weighted by molar-refractivity contribution is 5.84. The molecule has 0 aliphatic carbocycles. The third-order valence-corrected chi connectivity index (χ3v) is 3.13. The molecule has 0 fully saturated rings. The average Bonchev–Trinajstić information content (AvgIpc) is 2.52. The SMILES string of the molecule is COc1ccc(/C=C(/c2ccc(OC)cc2)C(F)(F)F)cc1. The second-order valence-corrected chi connectivity index (χ2v) is 4.56. The van der Waals surface area contributed by atoms with Crippen LogP contribution < -0.4 is 9.47 Å². The molecule has 0 amide bonds. The van der Waals surface area contributed by atoms with Crippen molar-refractivity contribution in [1.29, 1.82) is 0 Å². The van der Waals surface area contributed by atoms with Crippen molar-refractivity contribution in [3.63, 3.8) is 0 Å². The van der Waals surface area contributed by atoms with E-state index in [4.69, 9.17) is 9.47 Å². The average molecular weight is 308 g/mol. The lowest BCUT2D eigenvalue weighted by molar-refractivity contribution is -0.0683. The smallest absolute Gasteiger partial charge is 0.417 e. The van der Waals surface area contributed by atoms with E-state index in [1.54, 1.807) is 24.3 Å². The highest BCUT2D eigenvalue weighted by atomic mass is 19.4. The van der Waals surface area contributed by atoms with Gasteiger partial charge in [-0.3, -0.25) is 0 Å². The van der Waals surface area contributed by atoms with Gasteiger partial charge in [0.1, 0.15) is 11.5 Å². The van der Waals surface area contributed by atoms with E-state index >= 15 is 0 Å². The van der Waals surface area contributed by atoms with Crippen LogP contribution in [0.4, 0.5) is 13.2 Å². The zero-order chi connectivity index (χ0) is 16.2. The van der Waals surface area contributed by atoms with E-state index in [9.17, 15) is 13.2 Å². The van der Waals surface area contributed by atoms with Gasteiger partial charge >= 0.3 is 6.18 Å². The van der Waals surface area contributed by atoms with Crippen molar-refractivity contribution in [2.75, 3.05) is 14.2 Å². The fourth-order valence-corrected chi connectivity index (χ4v) is 1.97. The van der Waals surface area contributed by atoms with E-state index in [-0.39, 0.29) is 5.56 Å². The molecule has 0 atom stereocenters. The Hall–Kier alpha value is -2.43. The minimum absolute atomic E-state index is 0.0871. The van der Waals surface area contributed by atoms with Crippen LogP contribution >= 0.6 is 0 Å². The van der Waals surface area contributed by atoms with Crippen LogP contribution in [0.2, 0.25) is 0 Å². The molecule has 0 unspecified atom stereocenters. The van der Waals surface area contributed by atoms with E-state index in [0.717, 1.165) is 6.08 Å². The summed E-state index contributed by atoms with van der Waals surface area (Å²) in [5, 5.41) is 0. The van der Waals surface area contributed by atoms with Crippen molar-refractivity contribution < 1.29 is 22.6 Å². The molecule has 5 heteroatoms. The Morgan fingerprint density at radius 3 is 1.68 bits per heavy atom. The Morgan fingerprint density at radius 1 is 0.818 bits per heavy atom. The molecule has 0 heterocycles. The molecule has 2 nitrogen and oxygen atoms in total. The molecule has 0 bridgehead atoms. The third kappa shape index (κ3) is 3.81. The van der Waals surface area contributed by atoms with Crippen LogP contribution in [0, 0.1) is 0 Å². The highest BCUT2D eigenvalue weighted by Gasteiger charge is 2.34. The molecule has 0 saturated heterocycles. The number of halogens is 3. The molecule has 22 heavy (non-hydrogen) atoms. The number of benzene rings is 2. The number of hydrogen-bond donors (Lipinski definition) is 0. The van der Waals surface area contributed by atoms with E-state index < -0.39 is 11.7 Å². The number of alkyl halides is 3. The van der Waals surface area contributed by atoms with Gasteiger partial charge in [-0.05, 0) is 41.5 Å². The lowest BCUT2D eigenvalue weighted by Gasteiger charge is -2.13. The second kappa shape index (κ2) is 6.56. The second-order valence-electron chi connectivity index (χ2n) is 4.56. The molecule has 0 spiro atoms. The first-order chi connectivity index (χ1) is 10.4. The van der Waals surface area contributed by atoms with Crippen molar-refractivity contribution >= 4 is 11.6 Å². The minimum atomic E-state index is -4.45. The lowest BCUT2D eigenvalue weighted by Crippen LogP contribution is -2.10. The third-order valence-electron chi connectivity index (χ3n) is 3.13. The summed E-state index contributed by atoms with van der Waals surface area (Å²) in [4.78, 5) is 0. The summed E-state index contributed by atoms with van der Waals surface area (Å²) in [6, 6.07) is 12.2. The predicted octanol–water partition coefficient (Wildman–Crippen LogP) is 4.81. The van der Waals surface area contributed by atoms with Gasteiger partial charge in [-0.25, -0.2) is 0 Å². The van der Waals surface area contributed by atoms with Crippen molar-refractivity contribution in [2.45, 2.75) is 6.18 Å². The number of methoxy groups -OCH3 is 2. The molecule has 0 N–H and O–H groups in total. The maximum absolute atomic E-state index is 13.3. The summed E-state index contributed by atoms with van der Waals surface area (Å²) in [6.45, 7) is 0. The Labute approximate surface area is 126 Å². The number of allylic oxidation sites excluding steroid dienone is 1. The summed E-state index contributed by atoms with van der Waals surface area (Å²) in [7, 11) is 2.97. The molecule has 0 aliphatic heterocycles. The van der Waals surface area contributed by atoms with Gasteiger partial charge in [-0.1, -0.05) is 24.3 Å². The Balaban J connectivity index is 2.42. The van der Waals surface area contributed by atoms with Gasteiger partial charge in [0.05, 0.1) is 19.8 Å². The fourth-order valence-electron chi connectivity index (χ4n) is 1.97. The monoisotopic (exact) mass is 308 g/mol. The minimum Gasteiger partial charge on any atom is -0.497 e. The van der Waals surface area contributed by atoms with Gasteiger partial charge in [-0.15, -0.1) is 0 Å². The predicted molar refractivity (Wildman–Crippen MR) is 79.9 cm³/mol. The number of hydrogen-bond acceptors (Lipinski definition) is 2. The topological polar surface area (TPSA) is 18.5 Å². The molecular formula is C17H15F3O2. The van der Waals surface area contributed by atoms with E-state index in [1.807, 2.05) is 0 Å². The number of ether oxygens (including phenoxy) is 2. The molecule has 0 saturated carbocycles. The van der Waals surface area contributed by atoms with Gasteiger partial charge in [0.15, 0.2) is 0 Å². The first-order valence-electron chi connectivity index (χ1n) is 6.51. The quantitative estimate of drug-likeness (QED) is 0.755. The van der Waals surface area contributed by atoms with E-state index in [0.29, 0.717) is 17.1 Å². The van der Waals surface area contributed by atoms with Gasteiger partial charge in [0, 0.05) is 0 Å².